The van der Waals surface area contributed by atoms with Crippen LogP contribution in [-0.4, -0.2) is 31.7 Å². The van der Waals surface area contributed by atoms with Crippen molar-refractivity contribution in [3.63, 3.8) is 0 Å². The second-order valence-corrected chi connectivity index (χ2v) is 13.3. The minimum atomic E-state index is -3.39. The Morgan fingerprint density at radius 1 is 1.00 bits per heavy atom. The van der Waals surface area contributed by atoms with Crippen molar-refractivity contribution < 1.29 is 13.2 Å². The zero-order valence-corrected chi connectivity index (χ0v) is 19.1. The molecule has 1 amide bonds. The van der Waals surface area contributed by atoms with Crippen LogP contribution in [0, 0.1) is 22.2 Å². The maximum Gasteiger partial charge on any atom is 0.243 e. The standard InChI is InChI=1S/C24H34N2O3S/c1-22-11-19-12-23(2,15-22)17-24(13-19,16-22)21(27)25-14-18-5-7-20(8-6-18)30(28,29)26-9-3-4-10-26/h5-8,19H,3-4,9-17H2,1-2H3,(H,25,27). The number of hydrogen-bond donors (Lipinski definition) is 1. The summed E-state index contributed by atoms with van der Waals surface area (Å²) in [5, 5.41) is 3.20. The summed E-state index contributed by atoms with van der Waals surface area (Å²) >= 11 is 0. The molecule has 5 nitrogen and oxygen atoms in total. The molecule has 2 atom stereocenters. The Bertz CT molecular complexity index is 931. The lowest BCUT2D eigenvalue weighted by atomic mass is 9.40. The normalized spacial score (nSPS) is 38.1. The van der Waals surface area contributed by atoms with E-state index in [0.717, 1.165) is 37.7 Å². The van der Waals surface area contributed by atoms with Gasteiger partial charge in [-0.1, -0.05) is 26.0 Å². The summed E-state index contributed by atoms with van der Waals surface area (Å²) in [7, 11) is -3.39. The molecule has 5 fully saturated rings. The number of carbonyl (C=O) groups excluding carboxylic acids is 1. The first-order valence-corrected chi connectivity index (χ1v) is 12.9. The molecule has 1 aliphatic heterocycles. The largest absolute Gasteiger partial charge is 0.352 e. The summed E-state index contributed by atoms with van der Waals surface area (Å²) < 4.78 is 26.9. The highest BCUT2D eigenvalue weighted by Crippen LogP contribution is 2.69. The van der Waals surface area contributed by atoms with E-state index in [-0.39, 0.29) is 11.3 Å². The molecule has 0 spiro atoms. The number of carbonyl (C=O) groups is 1. The Morgan fingerprint density at radius 3 is 2.17 bits per heavy atom. The number of hydrogen-bond acceptors (Lipinski definition) is 3. The molecular weight excluding hydrogens is 396 g/mol. The third kappa shape index (κ3) is 3.40. The Morgan fingerprint density at radius 2 is 1.60 bits per heavy atom. The maximum atomic E-state index is 13.3. The highest BCUT2D eigenvalue weighted by atomic mass is 32.2. The van der Waals surface area contributed by atoms with Gasteiger partial charge in [0.05, 0.1) is 10.3 Å². The van der Waals surface area contributed by atoms with E-state index < -0.39 is 10.0 Å². The lowest BCUT2D eigenvalue weighted by Crippen LogP contribution is -2.59. The molecule has 4 bridgehead atoms. The zero-order valence-electron chi connectivity index (χ0n) is 18.2. The predicted molar refractivity (Wildman–Crippen MR) is 116 cm³/mol. The van der Waals surface area contributed by atoms with Gasteiger partial charge in [-0.25, -0.2) is 8.42 Å². The molecule has 0 aromatic heterocycles. The molecule has 6 heteroatoms. The molecule has 5 aliphatic rings. The van der Waals surface area contributed by atoms with Gasteiger partial charge in [0.2, 0.25) is 15.9 Å². The van der Waals surface area contributed by atoms with Crippen molar-refractivity contribution in [1.29, 1.82) is 0 Å². The number of sulfonamides is 1. The smallest absolute Gasteiger partial charge is 0.243 e. The van der Waals surface area contributed by atoms with Crippen molar-refractivity contribution in [3.8, 4) is 0 Å². The molecule has 6 rings (SSSR count). The summed E-state index contributed by atoms with van der Waals surface area (Å²) in [5.41, 5.74) is 1.38. The monoisotopic (exact) mass is 430 g/mol. The van der Waals surface area contributed by atoms with Crippen molar-refractivity contribution in [3.05, 3.63) is 29.8 Å². The van der Waals surface area contributed by atoms with Gasteiger partial charge >= 0.3 is 0 Å². The van der Waals surface area contributed by atoms with E-state index in [0.29, 0.717) is 41.3 Å². The van der Waals surface area contributed by atoms with Gasteiger partial charge in [0.25, 0.3) is 0 Å². The van der Waals surface area contributed by atoms with Crippen LogP contribution in [0.5, 0.6) is 0 Å². The average Bonchev–Trinajstić information content (AvgIpc) is 3.19. The SMILES string of the molecule is CC12CC3CC(C)(C1)CC(C(=O)NCc1ccc(S(=O)(=O)N4CCCC4)cc1)(C3)C2. The molecule has 1 N–H and O–H groups in total. The molecule has 2 unspecified atom stereocenters. The van der Waals surface area contributed by atoms with Crippen LogP contribution in [0.3, 0.4) is 0 Å². The fourth-order valence-corrected chi connectivity index (χ4v) is 9.44. The third-order valence-electron chi connectivity index (χ3n) is 8.19. The summed E-state index contributed by atoms with van der Waals surface area (Å²) in [6.45, 7) is 6.46. The Balaban J connectivity index is 1.26. The summed E-state index contributed by atoms with van der Waals surface area (Å²) in [6, 6.07) is 7.04. The average molecular weight is 431 g/mol. The molecule has 0 radical (unpaired) electrons. The summed E-state index contributed by atoms with van der Waals surface area (Å²) in [4.78, 5) is 13.7. The molecule has 30 heavy (non-hydrogen) atoms. The quantitative estimate of drug-likeness (QED) is 0.765. The first kappa shape index (κ1) is 20.5. The van der Waals surface area contributed by atoms with Gasteiger partial charge in [-0.15, -0.1) is 0 Å². The molecule has 1 saturated heterocycles. The van der Waals surface area contributed by atoms with Gasteiger partial charge in [-0.3, -0.25) is 4.79 Å². The number of nitrogens with one attached hydrogen (secondary N) is 1. The Hall–Kier alpha value is -1.40. The summed E-state index contributed by atoms with van der Waals surface area (Å²) in [6.07, 6.45) is 8.77. The van der Waals surface area contributed by atoms with Crippen LogP contribution in [0.25, 0.3) is 0 Å². The topological polar surface area (TPSA) is 66.5 Å². The van der Waals surface area contributed by atoms with E-state index in [2.05, 4.69) is 19.2 Å². The van der Waals surface area contributed by atoms with Gasteiger partial charge in [0, 0.05) is 19.6 Å². The number of benzene rings is 1. The third-order valence-corrected chi connectivity index (χ3v) is 10.1. The minimum absolute atomic E-state index is 0.206. The van der Waals surface area contributed by atoms with Gasteiger partial charge < -0.3 is 5.32 Å². The van der Waals surface area contributed by atoms with Crippen LogP contribution >= 0.6 is 0 Å². The second-order valence-electron chi connectivity index (χ2n) is 11.3. The molecule has 1 aromatic rings. The number of amides is 1. The lowest BCUT2D eigenvalue weighted by molar-refractivity contribution is -0.170. The van der Waals surface area contributed by atoms with E-state index >= 15 is 0 Å². The second kappa shape index (κ2) is 6.80. The van der Waals surface area contributed by atoms with Crippen LogP contribution in [0.2, 0.25) is 0 Å². The van der Waals surface area contributed by atoms with Crippen molar-refractivity contribution in [2.45, 2.75) is 76.7 Å². The maximum absolute atomic E-state index is 13.3. The predicted octanol–water partition coefficient (Wildman–Crippen LogP) is 4.08. The molecule has 164 valence electrons. The van der Waals surface area contributed by atoms with Crippen molar-refractivity contribution in [1.82, 2.24) is 9.62 Å². The number of rotatable bonds is 5. The molecule has 4 aliphatic carbocycles. The fraction of sp³-hybridized carbons (Fsp3) is 0.708. The van der Waals surface area contributed by atoms with Crippen molar-refractivity contribution in [2.24, 2.45) is 22.2 Å². The van der Waals surface area contributed by atoms with Gasteiger partial charge in [-0.2, -0.15) is 4.31 Å². The Labute approximate surface area is 180 Å². The van der Waals surface area contributed by atoms with Crippen molar-refractivity contribution >= 4 is 15.9 Å². The molecule has 4 saturated carbocycles. The first-order chi connectivity index (χ1) is 14.1. The summed E-state index contributed by atoms with van der Waals surface area (Å²) in [5.74, 6) is 0.898. The minimum Gasteiger partial charge on any atom is -0.352 e. The lowest BCUT2D eigenvalue weighted by Gasteiger charge is -2.64. The highest BCUT2D eigenvalue weighted by molar-refractivity contribution is 7.89. The van der Waals surface area contributed by atoms with E-state index in [4.69, 9.17) is 0 Å². The van der Waals surface area contributed by atoms with Crippen LogP contribution < -0.4 is 5.32 Å². The van der Waals surface area contributed by atoms with Gasteiger partial charge in [0.15, 0.2) is 0 Å². The first-order valence-electron chi connectivity index (χ1n) is 11.5. The highest BCUT2D eigenvalue weighted by Gasteiger charge is 2.62. The van der Waals surface area contributed by atoms with Crippen LogP contribution in [0.4, 0.5) is 0 Å². The van der Waals surface area contributed by atoms with Gasteiger partial charge in [0.1, 0.15) is 0 Å². The van der Waals surface area contributed by atoms with Crippen LogP contribution in [-0.2, 0) is 21.4 Å². The van der Waals surface area contributed by atoms with Crippen LogP contribution in [0.15, 0.2) is 29.2 Å². The molecule has 1 aromatic carbocycles. The van der Waals surface area contributed by atoms with E-state index in [9.17, 15) is 13.2 Å². The van der Waals surface area contributed by atoms with Crippen LogP contribution in [0.1, 0.15) is 70.8 Å². The zero-order chi connectivity index (χ0) is 21.2. The van der Waals surface area contributed by atoms with Crippen molar-refractivity contribution in [2.75, 3.05) is 13.1 Å². The fourth-order valence-electron chi connectivity index (χ4n) is 7.93. The van der Waals surface area contributed by atoms with E-state index in [1.807, 2.05) is 12.1 Å². The molecule has 1 heterocycles. The van der Waals surface area contributed by atoms with E-state index in [1.165, 1.54) is 19.3 Å². The molecular formula is C24H34N2O3S. The number of nitrogens with zero attached hydrogens (tertiary/aromatic N) is 1. The van der Waals surface area contributed by atoms with Gasteiger partial charge in [-0.05, 0) is 85.8 Å². The Kier molecular flexibility index (Phi) is 4.64. The van der Waals surface area contributed by atoms with E-state index in [1.54, 1.807) is 16.4 Å².